The summed E-state index contributed by atoms with van der Waals surface area (Å²) < 4.78 is 5.25. The topological polar surface area (TPSA) is 109 Å². The molecule has 2 rings (SSSR count). The van der Waals surface area contributed by atoms with Gasteiger partial charge in [0.2, 0.25) is 0 Å². The van der Waals surface area contributed by atoms with Crippen LogP contribution in [0, 0.1) is 5.92 Å². The molecule has 8 nitrogen and oxygen atoms in total. The summed E-state index contributed by atoms with van der Waals surface area (Å²) >= 11 is 6.05. The van der Waals surface area contributed by atoms with Crippen LogP contribution in [0.3, 0.4) is 0 Å². The summed E-state index contributed by atoms with van der Waals surface area (Å²) in [6.45, 7) is 7.03. The van der Waals surface area contributed by atoms with E-state index >= 15 is 0 Å². The number of nitrogens with two attached hydrogens (primary N) is 1. The summed E-state index contributed by atoms with van der Waals surface area (Å²) in [6.07, 6.45) is 3.98. The van der Waals surface area contributed by atoms with Crippen molar-refractivity contribution in [3.63, 3.8) is 0 Å². The van der Waals surface area contributed by atoms with Gasteiger partial charge in [-0.1, -0.05) is 18.5 Å². The first-order chi connectivity index (χ1) is 14.4. The molecule has 0 aliphatic carbocycles. The summed E-state index contributed by atoms with van der Waals surface area (Å²) in [5.41, 5.74) is 6.55. The number of nitrogens with one attached hydrogen (secondary N) is 3. The Balaban J connectivity index is 1.65. The number of nitrogens with zero attached hydrogens (tertiary/aromatic N) is 1. The zero-order chi connectivity index (χ0) is 21.9. The second kappa shape index (κ2) is 12.5. The van der Waals surface area contributed by atoms with E-state index in [1.807, 2.05) is 6.92 Å². The number of urea groups is 1. The lowest BCUT2D eigenvalue weighted by molar-refractivity contribution is 0.0944. The first-order valence-electron chi connectivity index (χ1n) is 10.6. The Morgan fingerprint density at radius 2 is 2.00 bits per heavy atom. The highest BCUT2D eigenvalue weighted by Crippen LogP contribution is 2.28. The van der Waals surface area contributed by atoms with Crippen LogP contribution < -0.4 is 26.4 Å². The maximum Gasteiger partial charge on any atom is 0.314 e. The van der Waals surface area contributed by atoms with Gasteiger partial charge in [0.05, 0.1) is 23.4 Å². The third-order valence-electron chi connectivity index (χ3n) is 5.21. The lowest BCUT2D eigenvalue weighted by Gasteiger charge is -2.17. The molecule has 9 heteroatoms. The Hall–Kier alpha value is -2.19. The number of amides is 3. The van der Waals surface area contributed by atoms with Gasteiger partial charge < -0.3 is 31.3 Å². The molecule has 30 heavy (non-hydrogen) atoms. The monoisotopic (exact) mass is 439 g/mol. The molecule has 0 saturated carbocycles. The van der Waals surface area contributed by atoms with Crippen molar-refractivity contribution in [2.45, 2.75) is 32.6 Å². The van der Waals surface area contributed by atoms with Crippen molar-refractivity contribution in [3.8, 4) is 5.75 Å². The second-order valence-corrected chi connectivity index (χ2v) is 8.04. The van der Waals surface area contributed by atoms with Gasteiger partial charge in [-0.05, 0) is 50.8 Å². The SMILES string of the molecule is CCCNC(=O)NCCCCN1CCC(CNC(=O)c2cc(Cl)c(N)cc2OC)C1. The highest BCUT2D eigenvalue weighted by molar-refractivity contribution is 6.33. The molecule has 5 N–H and O–H groups in total. The Morgan fingerprint density at radius 3 is 2.73 bits per heavy atom. The van der Waals surface area contributed by atoms with Crippen molar-refractivity contribution in [1.82, 2.24) is 20.9 Å². The van der Waals surface area contributed by atoms with E-state index in [9.17, 15) is 9.59 Å². The van der Waals surface area contributed by atoms with Gasteiger partial charge in [-0.15, -0.1) is 0 Å². The van der Waals surface area contributed by atoms with Crippen molar-refractivity contribution in [2.24, 2.45) is 5.92 Å². The number of benzene rings is 1. The van der Waals surface area contributed by atoms with Crippen LogP contribution in [-0.4, -0.2) is 63.2 Å². The van der Waals surface area contributed by atoms with E-state index in [0.29, 0.717) is 47.6 Å². The summed E-state index contributed by atoms with van der Waals surface area (Å²) in [7, 11) is 1.50. The molecule has 3 amide bonds. The Labute approximate surface area is 183 Å². The summed E-state index contributed by atoms with van der Waals surface area (Å²) in [5, 5.41) is 9.00. The standard InChI is InChI=1S/C21H34ClN5O3/c1-3-7-24-21(29)25-8-4-5-9-27-10-6-15(14-27)13-26-20(28)16-11-17(22)18(23)12-19(16)30-2/h11-12,15H,3-10,13-14,23H2,1-2H3,(H,26,28)(H2,24,25,29). The number of rotatable bonds is 11. The molecule has 1 aliphatic rings. The molecular weight excluding hydrogens is 406 g/mol. The highest BCUT2D eigenvalue weighted by atomic mass is 35.5. The first kappa shape index (κ1) is 24.1. The van der Waals surface area contributed by atoms with Crippen LogP contribution in [0.5, 0.6) is 5.75 Å². The van der Waals surface area contributed by atoms with Gasteiger partial charge in [0.1, 0.15) is 5.75 Å². The van der Waals surface area contributed by atoms with E-state index in [0.717, 1.165) is 45.3 Å². The van der Waals surface area contributed by atoms with Crippen molar-refractivity contribution < 1.29 is 14.3 Å². The van der Waals surface area contributed by atoms with Crippen molar-refractivity contribution in [2.75, 3.05) is 52.1 Å². The maximum atomic E-state index is 12.5. The molecule has 1 atom stereocenters. The zero-order valence-corrected chi connectivity index (χ0v) is 18.7. The minimum atomic E-state index is -0.209. The van der Waals surface area contributed by atoms with Crippen LogP contribution in [0.1, 0.15) is 43.0 Å². The Bertz CT molecular complexity index is 716. The number of anilines is 1. The number of likely N-dealkylation sites (tertiary alicyclic amines) is 1. The van der Waals surface area contributed by atoms with Gasteiger partial charge in [0.25, 0.3) is 5.91 Å². The van der Waals surface area contributed by atoms with Crippen LogP contribution in [-0.2, 0) is 0 Å². The van der Waals surface area contributed by atoms with Gasteiger partial charge in [-0.2, -0.15) is 0 Å². The number of halogens is 1. The van der Waals surface area contributed by atoms with Crippen LogP contribution >= 0.6 is 11.6 Å². The van der Waals surface area contributed by atoms with Gasteiger partial charge in [-0.25, -0.2) is 4.79 Å². The molecule has 1 aromatic rings. The minimum Gasteiger partial charge on any atom is -0.496 e. The van der Waals surface area contributed by atoms with Gasteiger partial charge >= 0.3 is 6.03 Å². The van der Waals surface area contributed by atoms with E-state index in [1.54, 1.807) is 12.1 Å². The number of nitrogen functional groups attached to an aromatic ring is 1. The summed E-state index contributed by atoms with van der Waals surface area (Å²) in [6, 6.07) is 3.02. The normalized spacial score (nSPS) is 16.3. The van der Waals surface area contributed by atoms with E-state index in [4.69, 9.17) is 22.1 Å². The fourth-order valence-electron chi connectivity index (χ4n) is 3.49. The third-order valence-corrected chi connectivity index (χ3v) is 5.53. The predicted molar refractivity (Wildman–Crippen MR) is 120 cm³/mol. The molecule has 168 valence electrons. The maximum absolute atomic E-state index is 12.5. The van der Waals surface area contributed by atoms with Crippen molar-refractivity contribution in [3.05, 3.63) is 22.7 Å². The molecule has 0 aromatic heterocycles. The van der Waals surface area contributed by atoms with Crippen LogP contribution in [0.2, 0.25) is 5.02 Å². The fraction of sp³-hybridized carbons (Fsp3) is 0.619. The van der Waals surface area contributed by atoms with Crippen LogP contribution in [0.25, 0.3) is 0 Å². The molecule has 1 aliphatic heterocycles. The Morgan fingerprint density at radius 1 is 1.23 bits per heavy atom. The average Bonchev–Trinajstić information content (AvgIpc) is 3.19. The number of hydrogen-bond donors (Lipinski definition) is 4. The largest absolute Gasteiger partial charge is 0.496 e. The predicted octanol–water partition coefficient (Wildman–Crippen LogP) is 2.47. The molecule has 1 saturated heterocycles. The molecule has 1 unspecified atom stereocenters. The van der Waals surface area contributed by atoms with E-state index in [-0.39, 0.29) is 11.9 Å². The van der Waals surface area contributed by atoms with E-state index < -0.39 is 0 Å². The smallest absolute Gasteiger partial charge is 0.314 e. The van der Waals surface area contributed by atoms with Crippen molar-refractivity contribution >= 4 is 29.2 Å². The molecular formula is C21H34ClN5O3. The number of carbonyl (C=O) groups excluding carboxylic acids is 2. The van der Waals surface area contributed by atoms with E-state index in [2.05, 4.69) is 20.9 Å². The first-order valence-corrected chi connectivity index (χ1v) is 11.0. The Kier molecular flexibility index (Phi) is 10.0. The fourth-order valence-corrected chi connectivity index (χ4v) is 3.66. The summed E-state index contributed by atoms with van der Waals surface area (Å²) in [4.78, 5) is 26.4. The van der Waals surface area contributed by atoms with Gasteiger partial charge in [0.15, 0.2) is 0 Å². The number of ether oxygens (including phenoxy) is 1. The zero-order valence-electron chi connectivity index (χ0n) is 17.9. The van der Waals surface area contributed by atoms with Gasteiger partial charge in [-0.3, -0.25) is 4.79 Å². The van der Waals surface area contributed by atoms with Gasteiger partial charge in [0, 0.05) is 32.2 Å². The number of carbonyl (C=O) groups is 2. The molecule has 0 bridgehead atoms. The van der Waals surface area contributed by atoms with E-state index in [1.165, 1.54) is 7.11 Å². The number of unbranched alkanes of at least 4 members (excludes halogenated alkanes) is 1. The molecule has 1 fully saturated rings. The lowest BCUT2D eigenvalue weighted by atomic mass is 10.1. The summed E-state index contributed by atoms with van der Waals surface area (Å²) in [5.74, 6) is 0.626. The quantitative estimate of drug-likeness (QED) is 0.313. The van der Waals surface area contributed by atoms with Crippen LogP contribution in [0.15, 0.2) is 12.1 Å². The van der Waals surface area contributed by atoms with Crippen LogP contribution in [0.4, 0.5) is 10.5 Å². The number of hydrogen-bond acceptors (Lipinski definition) is 5. The molecule has 1 heterocycles. The molecule has 1 aromatic carbocycles. The van der Waals surface area contributed by atoms with Crippen molar-refractivity contribution in [1.29, 1.82) is 0 Å². The average molecular weight is 440 g/mol. The third kappa shape index (κ3) is 7.57. The number of methoxy groups -OCH3 is 1. The minimum absolute atomic E-state index is 0.0900. The lowest BCUT2D eigenvalue weighted by Crippen LogP contribution is -2.36. The molecule has 0 spiro atoms. The highest BCUT2D eigenvalue weighted by Gasteiger charge is 2.23. The molecule has 0 radical (unpaired) electrons. The second-order valence-electron chi connectivity index (χ2n) is 7.63.